The number of para-hydroxylation sites is 1. The van der Waals surface area contributed by atoms with E-state index in [4.69, 9.17) is 5.73 Å². The van der Waals surface area contributed by atoms with Crippen molar-refractivity contribution in [2.75, 3.05) is 5.73 Å². The Kier molecular flexibility index (Phi) is 6.05. The Hall–Kier alpha value is -1.51. The van der Waals surface area contributed by atoms with Crippen LogP contribution in [0.4, 0.5) is 5.69 Å². The van der Waals surface area contributed by atoms with E-state index < -0.39 is 0 Å². The second kappa shape index (κ2) is 7.32. The molecule has 1 rings (SSSR count). The number of anilines is 1. The van der Waals surface area contributed by atoms with Crippen molar-refractivity contribution >= 4 is 11.6 Å². The summed E-state index contributed by atoms with van der Waals surface area (Å²) in [6.45, 7) is 8.74. The first-order valence-corrected chi connectivity index (χ1v) is 7.41. The van der Waals surface area contributed by atoms with Gasteiger partial charge in [-0.05, 0) is 43.2 Å². The van der Waals surface area contributed by atoms with Crippen LogP contribution < -0.4 is 11.1 Å². The molecule has 3 heteroatoms. The van der Waals surface area contributed by atoms with Crippen molar-refractivity contribution in [3.8, 4) is 0 Å². The molecule has 0 aliphatic heterocycles. The Balaban J connectivity index is 2.32. The predicted molar refractivity (Wildman–Crippen MR) is 85.5 cm³/mol. The van der Waals surface area contributed by atoms with E-state index in [2.05, 4.69) is 33.0 Å². The monoisotopic (exact) mass is 276 g/mol. The molecular formula is C17H28N2O. The van der Waals surface area contributed by atoms with Crippen molar-refractivity contribution in [2.45, 2.75) is 59.4 Å². The summed E-state index contributed by atoms with van der Waals surface area (Å²) in [5, 5.41) is 3.06. The molecule has 20 heavy (non-hydrogen) atoms. The Morgan fingerprint density at radius 3 is 2.55 bits per heavy atom. The van der Waals surface area contributed by atoms with E-state index in [1.54, 1.807) is 0 Å². The third-order valence-electron chi connectivity index (χ3n) is 3.41. The summed E-state index contributed by atoms with van der Waals surface area (Å²) in [5.74, 6) is 0.106. The van der Waals surface area contributed by atoms with Gasteiger partial charge in [0.15, 0.2) is 0 Å². The smallest absolute Gasteiger partial charge is 0.220 e. The van der Waals surface area contributed by atoms with Gasteiger partial charge in [-0.2, -0.15) is 0 Å². The molecule has 0 radical (unpaired) electrons. The molecule has 0 spiro atoms. The van der Waals surface area contributed by atoms with Gasteiger partial charge in [-0.3, -0.25) is 4.79 Å². The van der Waals surface area contributed by atoms with Gasteiger partial charge in [-0.15, -0.1) is 0 Å². The number of amides is 1. The van der Waals surface area contributed by atoms with Gasteiger partial charge < -0.3 is 11.1 Å². The molecule has 1 unspecified atom stereocenters. The number of benzene rings is 1. The van der Waals surface area contributed by atoms with E-state index in [1.807, 2.05) is 24.3 Å². The zero-order valence-corrected chi connectivity index (χ0v) is 13.2. The summed E-state index contributed by atoms with van der Waals surface area (Å²) >= 11 is 0. The summed E-state index contributed by atoms with van der Waals surface area (Å²) in [5.41, 5.74) is 8.00. The maximum Gasteiger partial charge on any atom is 0.220 e. The normalized spacial score (nSPS) is 13.0. The molecule has 0 bridgehead atoms. The molecule has 1 amide bonds. The van der Waals surface area contributed by atoms with Crippen LogP contribution >= 0.6 is 0 Å². The van der Waals surface area contributed by atoms with E-state index in [1.165, 1.54) is 0 Å². The first-order valence-electron chi connectivity index (χ1n) is 7.41. The number of carbonyl (C=O) groups is 1. The summed E-state index contributed by atoms with van der Waals surface area (Å²) in [7, 11) is 0. The first kappa shape index (κ1) is 16.5. The van der Waals surface area contributed by atoms with E-state index in [9.17, 15) is 4.79 Å². The second-order valence-electron chi connectivity index (χ2n) is 6.77. The largest absolute Gasteiger partial charge is 0.399 e. The highest BCUT2D eigenvalue weighted by molar-refractivity contribution is 5.76. The molecule has 0 heterocycles. The zero-order chi connectivity index (χ0) is 15.2. The lowest BCUT2D eigenvalue weighted by Crippen LogP contribution is -2.33. The molecule has 0 aromatic heterocycles. The van der Waals surface area contributed by atoms with Crippen molar-refractivity contribution < 1.29 is 4.79 Å². The Labute approximate surface area is 122 Å². The van der Waals surface area contributed by atoms with Gasteiger partial charge in [0.05, 0.1) is 0 Å². The highest BCUT2D eigenvalue weighted by atomic mass is 16.1. The summed E-state index contributed by atoms with van der Waals surface area (Å²) in [6.07, 6.45) is 3.32. The molecule has 1 aromatic rings. The molecule has 0 saturated heterocycles. The number of hydrogen-bond donors (Lipinski definition) is 2. The molecule has 1 aromatic carbocycles. The number of nitrogens with two attached hydrogens (primary N) is 1. The SMILES string of the molecule is CC(CCC(C)(C)C)NC(=O)CCc1ccccc1N. The number of rotatable bonds is 6. The highest BCUT2D eigenvalue weighted by Crippen LogP contribution is 2.21. The van der Waals surface area contributed by atoms with Gasteiger partial charge in [-0.25, -0.2) is 0 Å². The van der Waals surface area contributed by atoms with Crippen LogP contribution in [0.1, 0.15) is 52.5 Å². The van der Waals surface area contributed by atoms with E-state index in [-0.39, 0.29) is 11.9 Å². The average Bonchev–Trinajstić information content (AvgIpc) is 2.35. The maximum atomic E-state index is 11.9. The average molecular weight is 276 g/mol. The van der Waals surface area contributed by atoms with Crippen molar-refractivity contribution in [3.05, 3.63) is 29.8 Å². The molecule has 0 fully saturated rings. The second-order valence-corrected chi connectivity index (χ2v) is 6.77. The fourth-order valence-electron chi connectivity index (χ4n) is 2.08. The van der Waals surface area contributed by atoms with Gasteiger partial charge in [0.2, 0.25) is 5.91 Å². The zero-order valence-electron chi connectivity index (χ0n) is 13.2. The van der Waals surface area contributed by atoms with Crippen LogP contribution in [0.2, 0.25) is 0 Å². The summed E-state index contributed by atoms with van der Waals surface area (Å²) in [4.78, 5) is 11.9. The summed E-state index contributed by atoms with van der Waals surface area (Å²) in [6, 6.07) is 7.95. The number of nitrogens with one attached hydrogen (secondary N) is 1. The standard InChI is InChI=1S/C17H28N2O/c1-13(11-12-17(2,3)4)19-16(20)10-9-14-7-5-6-8-15(14)18/h5-8,13H,9-12,18H2,1-4H3,(H,19,20). The Morgan fingerprint density at radius 2 is 1.95 bits per heavy atom. The van der Waals surface area contributed by atoms with Crippen LogP contribution in [0, 0.1) is 5.41 Å². The molecule has 0 aliphatic rings. The molecule has 3 nitrogen and oxygen atoms in total. The molecule has 1 atom stereocenters. The molecule has 0 aliphatic carbocycles. The minimum absolute atomic E-state index is 0.106. The fraction of sp³-hybridized carbons (Fsp3) is 0.588. The molecule has 112 valence electrons. The third-order valence-corrected chi connectivity index (χ3v) is 3.41. The summed E-state index contributed by atoms with van der Waals surface area (Å²) < 4.78 is 0. The number of nitrogen functional groups attached to an aromatic ring is 1. The van der Waals surface area contributed by atoms with E-state index in [0.717, 1.165) is 24.1 Å². The van der Waals surface area contributed by atoms with Gasteiger partial charge >= 0.3 is 0 Å². The third kappa shape index (κ3) is 6.60. The minimum atomic E-state index is 0.106. The Morgan fingerprint density at radius 1 is 1.30 bits per heavy atom. The van der Waals surface area contributed by atoms with Gasteiger partial charge in [-0.1, -0.05) is 39.0 Å². The van der Waals surface area contributed by atoms with E-state index >= 15 is 0 Å². The van der Waals surface area contributed by atoms with E-state index in [0.29, 0.717) is 18.3 Å². The van der Waals surface area contributed by atoms with Crippen LogP contribution in [0.5, 0.6) is 0 Å². The van der Waals surface area contributed by atoms with Crippen molar-refractivity contribution in [3.63, 3.8) is 0 Å². The lowest BCUT2D eigenvalue weighted by molar-refractivity contribution is -0.121. The van der Waals surface area contributed by atoms with Crippen LogP contribution in [-0.2, 0) is 11.2 Å². The molecule has 3 N–H and O–H groups in total. The topological polar surface area (TPSA) is 55.1 Å². The predicted octanol–water partition coefficient (Wildman–Crippen LogP) is 3.53. The van der Waals surface area contributed by atoms with Gasteiger partial charge in [0.25, 0.3) is 0 Å². The van der Waals surface area contributed by atoms with Crippen LogP contribution in [0.3, 0.4) is 0 Å². The van der Waals surface area contributed by atoms with Crippen LogP contribution in [0.15, 0.2) is 24.3 Å². The number of carbonyl (C=O) groups excluding carboxylic acids is 1. The van der Waals surface area contributed by atoms with Crippen LogP contribution in [0.25, 0.3) is 0 Å². The highest BCUT2D eigenvalue weighted by Gasteiger charge is 2.14. The fourth-order valence-corrected chi connectivity index (χ4v) is 2.08. The molecular weight excluding hydrogens is 248 g/mol. The maximum absolute atomic E-state index is 11.9. The van der Waals surface area contributed by atoms with Crippen molar-refractivity contribution in [1.82, 2.24) is 5.32 Å². The molecule has 0 saturated carbocycles. The quantitative estimate of drug-likeness (QED) is 0.781. The number of aryl methyl sites for hydroxylation is 1. The lowest BCUT2D eigenvalue weighted by Gasteiger charge is -2.21. The Bertz CT molecular complexity index is 435. The lowest BCUT2D eigenvalue weighted by atomic mass is 9.89. The minimum Gasteiger partial charge on any atom is -0.399 e. The first-order chi connectivity index (χ1) is 9.28. The van der Waals surface area contributed by atoms with Crippen LogP contribution in [-0.4, -0.2) is 11.9 Å². The van der Waals surface area contributed by atoms with Gasteiger partial charge in [0, 0.05) is 18.2 Å². The number of hydrogen-bond acceptors (Lipinski definition) is 2. The van der Waals surface area contributed by atoms with Gasteiger partial charge in [0.1, 0.15) is 0 Å². The van der Waals surface area contributed by atoms with Crippen molar-refractivity contribution in [1.29, 1.82) is 0 Å². The van der Waals surface area contributed by atoms with Crippen molar-refractivity contribution in [2.24, 2.45) is 5.41 Å².